The predicted molar refractivity (Wildman–Crippen MR) is 61.2 cm³/mol. The van der Waals surface area contributed by atoms with Gasteiger partial charge < -0.3 is 4.74 Å². The van der Waals surface area contributed by atoms with Gasteiger partial charge in [-0.2, -0.15) is 0 Å². The normalized spacial score (nSPS) is 13.1. The van der Waals surface area contributed by atoms with Crippen molar-refractivity contribution in [2.75, 3.05) is 0 Å². The van der Waals surface area contributed by atoms with E-state index in [0.717, 1.165) is 22.6 Å². The Bertz CT molecular complexity index is 361. The fourth-order valence-corrected chi connectivity index (χ4v) is 1.22. The summed E-state index contributed by atoms with van der Waals surface area (Å²) in [6.07, 6.45) is 2.08. The van der Waals surface area contributed by atoms with Crippen LogP contribution in [0.15, 0.2) is 42.2 Å². The number of benzene rings is 1. The van der Waals surface area contributed by atoms with Gasteiger partial charge in [0.2, 0.25) is 0 Å². The van der Waals surface area contributed by atoms with Crippen LogP contribution >= 0.6 is 0 Å². The lowest BCUT2D eigenvalue weighted by Gasteiger charge is -2.16. The number of hydrogen-bond donors (Lipinski definition) is 0. The van der Waals surface area contributed by atoms with E-state index in [1.54, 1.807) is 0 Å². The fraction of sp³-hybridized carbons (Fsp3) is 0.231. The third kappa shape index (κ3) is 2.05. The maximum atomic E-state index is 5.48. The summed E-state index contributed by atoms with van der Waals surface area (Å²) in [5.74, 6) is 1.64. The molecule has 2 rings (SSSR count). The second-order valence-electron chi connectivity index (χ2n) is 2.89. The summed E-state index contributed by atoms with van der Waals surface area (Å²) in [7, 11) is 0. The van der Waals surface area contributed by atoms with Gasteiger partial charge in [0.05, 0.1) is 0 Å². The van der Waals surface area contributed by atoms with Gasteiger partial charge in [-0.05, 0) is 24.6 Å². The molecule has 0 atom stereocenters. The number of fused-ring (bicyclic) bond motifs is 1. The van der Waals surface area contributed by atoms with Crippen molar-refractivity contribution in [1.29, 1.82) is 0 Å². The SMILES string of the molecule is C=C1Oc2ccccc2C=C1C.CC. The minimum atomic E-state index is 0.744. The van der Waals surface area contributed by atoms with Crippen LogP contribution in [0.2, 0.25) is 0 Å². The van der Waals surface area contributed by atoms with Gasteiger partial charge in [-0.25, -0.2) is 0 Å². The molecular weight excluding hydrogens is 172 g/mol. The summed E-state index contributed by atoms with van der Waals surface area (Å²) < 4.78 is 5.48. The molecule has 1 aromatic rings. The maximum absolute atomic E-state index is 5.48. The summed E-state index contributed by atoms with van der Waals surface area (Å²) in [6, 6.07) is 7.94. The molecule has 1 aromatic carbocycles. The quantitative estimate of drug-likeness (QED) is 0.597. The summed E-state index contributed by atoms with van der Waals surface area (Å²) in [5.41, 5.74) is 2.22. The average Bonchev–Trinajstić information content (AvgIpc) is 2.23. The Kier molecular flexibility index (Phi) is 3.52. The van der Waals surface area contributed by atoms with Gasteiger partial charge in [0.25, 0.3) is 0 Å². The molecular formula is C13H16O. The highest BCUT2D eigenvalue weighted by Gasteiger charge is 2.10. The number of hydrogen-bond acceptors (Lipinski definition) is 1. The molecule has 1 nitrogen and oxygen atoms in total. The van der Waals surface area contributed by atoms with Gasteiger partial charge in [0.15, 0.2) is 0 Å². The Hall–Kier alpha value is -1.50. The molecule has 0 radical (unpaired) electrons. The Balaban J connectivity index is 0.000000461. The van der Waals surface area contributed by atoms with Crippen LogP contribution in [-0.4, -0.2) is 0 Å². The monoisotopic (exact) mass is 188 g/mol. The number of para-hydroxylation sites is 1. The van der Waals surface area contributed by atoms with E-state index >= 15 is 0 Å². The molecule has 1 aliphatic heterocycles. The lowest BCUT2D eigenvalue weighted by molar-refractivity contribution is 0.434. The molecule has 0 saturated carbocycles. The average molecular weight is 188 g/mol. The summed E-state index contributed by atoms with van der Waals surface area (Å²) in [4.78, 5) is 0. The molecule has 0 aliphatic carbocycles. The van der Waals surface area contributed by atoms with Crippen LogP contribution in [0.5, 0.6) is 5.75 Å². The van der Waals surface area contributed by atoms with Crippen LogP contribution in [0.4, 0.5) is 0 Å². The molecule has 0 unspecified atom stereocenters. The molecule has 0 aromatic heterocycles. The van der Waals surface area contributed by atoms with E-state index in [0.29, 0.717) is 0 Å². The molecule has 0 saturated heterocycles. The van der Waals surface area contributed by atoms with E-state index in [1.807, 2.05) is 45.0 Å². The van der Waals surface area contributed by atoms with Crippen molar-refractivity contribution in [3.8, 4) is 5.75 Å². The Morgan fingerprint density at radius 2 is 1.79 bits per heavy atom. The van der Waals surface area contributed by atoms with E-state index in [9.17, 15) is 0 Å². The highest BCUT2D eigenvalue weighted by molar-refractivity contribution is 5.65. The molecule has 0 N–H and O–H groups in total. The first-order valence-corrected chi connectivity index (χ1v) is 4.92. The van der Waals surface area contributed by atoms with Crippen molar-refractivity contribution in [1.82, 2.24) is 0 Å². The Morgan fingerprint density at radius 3 is 2.50 bits per heavy atom. The van der Waals surface area contributed by atoms with Crippen molar-refractivity contribution in [2.24, 2.45) is 0 Å². The lowest BCUT2D eigenvalue weighted by Crippen LogP contribution is -2.01. The van der Waals surface area contributed by atoms with Gasteiger partial charge in [-0.3, -0.25) is 0 Å². The summed E-state index contributed by atoms with van der Waals surface area (Å²) in [5, 5.41) is 0. The largest absolute Gasteiger partial charge is 0.457 e. The van der Waals surface area contributed by atoms with Gasteiger partial charge in [0.1, 0.15) is 11.5 Å². The first kappa shape index (κ1) is 10.6. The van der Waals surface area contributed by atoms with Gasteiger partial charge >= 0.3 is 0 Å². The molecule has 74 valence electrons. The third-order valence-corrected chi connectivity index (χ3v) is 1.96. The van der Waals surface area contributed by atoms with Crippen LogP contribution in [0, 0.1) is 0 Å². The molecule has 0 amide bonds. The van der Waals surface area contributed by atoms with Gasteiger partial charge in [-0.15, -0.1) is 0 Å². The van der Waals surface area contributed by atoms with Crippen LogP contribution in [0.1, 0.15) is 26.3 Å². The lowest BCUT2D eigenvalue weighted by atomic mass is 10.1. The van der Waals surface area contributed by atoms with Crippen molar-refractivity contribution in [2.45, 2.75) is 20.8 Å². The zero-order valence-corrected chi connectivity index (χ0v) is 9.00. The Morgan fingerprint density at radius 1 is 1.14 bits per heavy atom. The number of ether oxygens (including phenoxy) is 1. The molecule has 0 fully saturated rings. The van der Waals surface area contributed by atoms with Crippen LogP contribution in [0.3, 0.4) is 0 Å². The molecule has 1 heteroatoms. The predicted octanol–water partition coefficient (Wildman–Crippen LogP) is 4.02. The Labute approximate surface area is 85.7 Å². The van der Waals surface area contributed by atoms with Gasteiger partial charge in [0, 0.05) is 5.56 Å². The highest BCUT2D eigenvalue weighted by atomic mass is 16.5. The van der Waals surface area contributed by atoms with E-state index in [4.69, 9.17) is 4.74 Å². The number of allylic oxidation sites excluding steroid dienone is 1. The smallest absolute Gasteiger partial charge is 0.134 e. The molecule has 1 aliphatic rings. The van der Waals surface area contributed by atoms with Crippen molar-refractivity contribution in [3.63, 3.8) is 0 Å². The molecule has 0 spiro atoms. The molecule has 1 heterocycles. The first-order chi connectivity index (χ1) is 6.77. The third-order valence-electron chi connectivity index (χ3n) is 1.96. The van der Waals surface area contributed by atoms with Crippen LogP contribution in [0.25, 0.3) is 6.08 Å². The van der Waals surface area contributed by atoms with Gasteiger partial charge in [-0.1, -0.05) is 38.6 Å². The van der Waals surface area contributed by atoms with Crippen molar-refractivity contribution in [3.05, 3.63) is 47.7 Å². The second kappa shape index (κ2) is 4.66. The van der Waals surface area contributed by atoms with E-state index < -0.39 is 0 Å². The maximum Gasteiger partial charge on any atom is 0.134 e. The zero-order chi connectivity index (χ0) is 10.6. The number of rotatable bonds is 0. The molecule has 14 heavy (non-hydrogen) atoms. The topological polar surface area (TPSA) is 9.23 Å². The van der Waals surface area contributed by atoms with E-state index in [2.05, 4.69) is 12.7 Å². The second-order valence-corrected chi connectivity index (χ2v) is 2.89. The minimum Gasteiger partial charge on any atom is -0.457 e. The van der Waals surface area contributed by atoms with Crippen LogP contribution in [-0.2, 0) is 0 Å². The molecule has 0 bridgehead atoms. The van der Waals surface area contributed by atoms with E-state index in [1.165, 1.54) is 0 Å². The summed E-state index contributed by atoms with van der Waals surface area (Å²) in [6.45, 7) is 9.80. The first-order valence-electron chi connectivity index (χ1n) is 4.92. The minimum absolute atomic E-state index is 0.744. The summed E-state index contributed by atoms with van der Waals surface area (Å²) >= 11 is 0. The van der Waals surface area contributed by atoms with Crippen molar-refractivity contribution >= 4 is 6.08 Å². The van der Waals surface area contributed by atoms with E-state index in [-0.39, 0.29) is 0 Å². The fourth-order valence-electron chi connectivity index (χ4n) is 1.22. The van der Waals surface area contributed by atoms with Crippen molar-refractivity contribution < 1.29 is 4.74 Å². The standard InChI is InChI=1S/C11H10O.C2H6/c1-8-7-10-5-3-4-6-11(10)12-9(8)2;1-2/h3-7H,2H2,1H3;1-2H3. The zero-order valence-electron chi connectivity index (χ0n) is 9.00. The highest BCUT2D eigenvalue weighted by Crippen LogP contribution is 2.29. The van der Waals surface area contributed by atoms with Crippen LogP contribution < -0.4 is 4.74 Å².